The van der Waals surface area contributed by atoms with Crippen LogP contribution in [0.3, 0.4) is 0 Å². The first-order valence-electron chi connectivity index (χ1n) is 9.26. The quantitative estimate of drug-likeness (QED) is 0.569. The van der Waals surface area contributed by atoms with Crippen LogP contribution in [0.1, 0.15) is 46.2 Å². The van der Waals surface area contributed by atoms with Gasteiger partial charge in [-0.1, -0.05) is 24.3 Å². The fourth-order valence-corrected chi connectivity index (χ4v) is 3.19. The number of carbonyl (C=O) groups is 1. The van der Waals surface area contributed by atoms with Crippen molar-refractivity contribution in [1.29, 1.82) is 0 Å². The second kappa shape index (κ2) is 7.31. The first-order valence-corrected chi connectivity index (χ1v) is 9.26. The van der Waals surface area contributed by atoms with Gasteiger partial charge in [0.05, 0.1) is 12.2 Å². The zero-order chi connectivity index (χ0) is 19.7. The van der Waals surface area contributed by atoms with Gasteiger partial charge in [0, 0.05) is 11.3 Å². The van der Waals surface area contributed by atoms with Crippen molar-refractivity contribution in [3.05, 3.63) is 83.0 Å². The monoisotopic (exact) mass is 374 g/mol. The molecule has 4 aromatic rings. The fourth-order valence-electron chi connectivity index (χ4n) is 3.19. The van der Waals surface area contributed by atoms with E-state index in [1.807, 2.05) is 74.0 Å². The van der Waals surface area contributed by atoms with E-state index in [2.05, 4.69) is 21.5 Å². The Morgan fingerprint density at radius 1 is 1.14 bits per heavy atom. The summed E-state index contributed by atoms with van der Waals surface area (Å²) < 4.78 is 7.69. The molecule has 2 aromatic heterocycles. The van der Waals surface area contributed by atoms with Crippen LogP contribution in [0.2, 0.25) is 0 Å². The van der Waals surface area contributed by atoms with Gasteiger partial charge in [0.1, 0.15) is 11.6 Å². The van der Waals surface area contributed by atoms with E-state index < -0.39 is 0 Å². The van der Waals surface area contributed by atoms with E-state index >= 15 is 0 Å². The van der Waals surface area contributed by atoms with Gasteiger partial charge in [0.2, 0.25) is 5.89 Å². The number of hydrogen-bond acceptors (Lipinski definition) is 4. The van der Waals surface area contributed by atoms with Crippen LogP contribution >= 0.6 is 0 Å². The minimum absolute atomic E-state index is 0.160. The molecule has 142 valence electrons. The molecule has 6 nitrogen and oxygen atoms in total. The van der Waals surface area contributed by atoms with Crippen molar-refractivity contribution in [2.45, 2.75) is 33.4 Å². The molecular weight excluding hydrogens is 352 g/mol. The number of amides is 1. The smallest absolute Gasteiger partial charge is 0.251 e. The van der Waals surface area contributed by atoms with Crippen molar-refractivity contribution < 1.29 is 9.21 Å². The molecule has 1 amide bonds. The first-order chi connectivity index (χ1) is 13.5. The van der Waals surface area contributed by atoms with Gasteiger partial charge < -0.3 is 9.73 Å². The Balaban J connectivity index is 1.43. The van der Waals surface area contributed by atoms with E-state index in [1.165, 1.54) is 0 Å². The number of rotatable bonds is 5. The number of hydrogen-bond donors (Lipinski definition) is 1. The highest BCUT2D eigenvalue weighted by Crippen LogP contribution is 2.20. The van der Waals surface area contributed by atoms with Gasteiger partial charge in [-0.2, -0.15) is 5.10 Å². The summed E-state index contributed by atoms with van der Waals surface area (Å²) in [5.74, 6) is 0.336. The number of benzene rings is 2. The molecule has 0 fully saturated rings. The summed E-state index contributed by atoms with van der Waals surface area (Å²) >= 11 is 0. The average molecular weight is 374 g/mol. The molecule has 0 radical (unpaired) electrons. The SMILES string of the molecule is Cc1cc(C)n(Cc2ccc(C(=O)NC(C)c3nc4ccccc4o3)cc2)n1. The largest absolute Gasteiger partial charge is 0.438 e. The minimum Gasteiger partial charge on any atom is -0.438 e. The second-order valence-electron chi connectivity index (χ2n) is 7.00. The summed E-state index contributed by atoms with van der Waals surface area (Å²) in [5, 5.41) is 7.42. The second-order valence-corrected chi connectivity index (χ2v) is 7.00. The van der Waals surface area contributed by atoms with Gasteiger partial charge >= 0.3 is 0 Å². The van der Waals surface area contributed by atoms with Gasteiger partial charge in [0.25, 0.3) is 5.91 Å². The van der Waals surface area contributed by atoms with Crippen molar-refractivity contribution in [2.24, 2.45) is 0 Å². The molecule has 0 aliphatic heterocycles. The van der Waals surface area contributed by atoms with E-state index in [9.17, 15) is 4.79 Å². The van der Waals surface area contributed by atoms with Gasteiger partial charge in [-0.15, -0.1) is 0 Å². The Hall–Kier alpha value is -3.41. The summed E-state index contributed by atoms with van der Waals surface area (Å²) in [6.45, 7) is 6.56. The highest BCUT2D eigenvalue weighted by atomic mass is 16.3. The van der Waals surface area contributed by atoms with Crippen molar-refractivity contribution in [3.8, 4) is 0 Å². The van der Waals surface area contributed by atoms with Crippen LogP contribution in [0.5, 0.6) is 0 Å². The van der Waals surface area contributed by atoms with Crippen LogP contribution in [0.25, 0.3) is 11.1 Å². The molecule has 0 saturated carbocycles. The number of nitrogens with zero attached hydrogens (tertiary/aromatic N) is 3. The van der Waals surface area contributed by atoms with Crippen LogP contribution in [0.15, 0.2) is 59.0 Å². The highest BCUT2D eigenvalue weighted by molar-refractivity contribution is 5.94. The first kappa shape index (κ1) is 18.0. The third-order valence-corrected chi connectivity index (χ3v) is 4.68. The molecule has 28 heavy (non-hydrogen) atoms. The maximum atomic E-state index is 12.6. The Bertz CT molecular complexity index is 1090. The molecule has 0 spiro atoms. The molecule has 0 saturated heterocycles. The highest BCUT2D eigenvalue weighted by Gasteiger charge is 2.17. The third-order valence-electron chi connectivity index (χ3n) is 4.68. The molecular formula is C22H22N4O2. The number of carbonyl (C=O) groups excluding carboxylic acids is 1. The van der Waals surface area contributed by atoms with Gasteiger partial charge in [0.15, 0.2) is 5.58 Å². The lowest BCUT2D eigenvalue weighted by Crippen LogP contribution is -2.26. The van der Waals surface area contributed by atoms with Crippen LogP contribution in [-0.2, 0) is 6.54 Å². The average Bonchev–Trinajstić information content (AvgIpc) is 3.25. The number of fused-ring (bicyclic) bond motifs is 1. The number of oxazole rings is 1. The van der Waals surface area contributed by atoms with Crippen LogP contribution in [0, 0.1) is 13.8 Å². The molecule has 0 aliphatic rings. The van der Waals surface area contributed by atoms with Crippen LogP contribution in [-0.4, -0.2) is 20.7 Å². The lowest BCUT2D eigenvalue weighted by Gasteiger charge is -2.11. The standard InChI is InChI=1S/C22H22N4O2/c1-14-12-15(2)26(25-14)13-17-8-10-18(11-9-17)21(27)23-16(3)22-24-19-6-4-5-7-20(19)28-22/h4-12,16H,13H2,1-3H3,(H,23,27). The Kier molecular flexibility index (Phi) is 4.69. The maximum Gasteiger partial charge on any atom is 0.251 e. The molecule has 2 aromatic carbocycles. The van der Waals surface area contributed by atoms with Gasteiger partial charge in [-0.05, 0) is 56.7 Å². The predicted octanol–water partition coefficient (Wildman–Crippen LogP) is 4.18. The molecule has 0 aliphatic carbocycles. The Morgan fingerprint density at radius 2 is 1.89 bits per heavy atom. The fraction of sp³-hybridized carbons (Fsp3) is 0.227. The summed E-state index contributed by atoms with van der Waals surface area (Å²) in [6.07, 6.45) is 0. The van der Waals surface area contributed by atoms with E-state index in [0.29, 0.717) is 23.6 Å². The van der Waals surface area contributed by atoms with Crippen LogP contribution < -0.4 is 5.32 Å². The number of aromatic nitrogens is 3. The van der Waals surface area contributed by atoms with Crippen molar-refractivity contribution in [3.63, 3.8) is 0 Å². The Labute approximate surface area is 163 Å². The molecule has 2 heterocycles. The molecule has 6 heteroatoms. The van der Waals surface area contributed by atoms with E-state index in [1.54, 1.807) is 0 Å². The summed E-state index contributed by atoms with van der Waals surface area (Å²) in [4.78, 5) is 17.0. The number of nitrogens with one attached hydrogen (secondary N) is 1. The lowest BCUT2D eigenvalue weighted by atomic mass is 10.1. The zero-order valence-electron chi connectivity index (χ0n) is 16.1. The van der Waals surface area contributed by atoms with E-state index in [4.69, 9.17) is 4.42 Å². The van der Waals surface area contributed by atoms with E-state index in [-0.39, 0.29) is 11.9 Å². The molecule has 1 unspecified atom stereocenters. The minimum atomic E-state index is -0.325. The molecule has 1 atom stereocenters. The van der Waals surface area contributed by atoms with E-state index in [0.717, 1.165) is 22.5 Å². The van der Waals surface area contributed by atoms with Gasteiger partial charge in [-0.25, -0.2) is 4.98 Å². The van der Waals surface area contributed by atoms with Crippen LogP contribution in [0.4, 0.5) is 0 Å². The predicted molar refractivity (Wildman–Crippen MR) is 107 cm³/mol. The summed E-state index contributed by atoms with van der Waals surface area (Å²) in [5.41, 5.74) is 5.31. The lowest BCUT2D eigenvalue weighted by molar-refractivity contribution is 0.0934. The Morgan fingerprint density at radius 3 is 2.57 bits per heavy atom. The zero-order valence-corrected chi connectivity index (χ0v) is 16.1. The van der Waals surface area contributed by atoms with Crippen molar-refractivity contribution in [1.82, 2.24) is 20.1 Å². The third kappa shape index (κ3) is 3.67. The normalized spacial score (nSPS) is 12.2. The summed E-state index contributed by atoms with van der Waals surface area (Å²) in [6, 6.07) is 16.8. The maximum absolute atomic E-state index is 12.6. The molecule has 0 bridgehead atoms. The summed E-state index contributed by atoms with van der Waals surface area (Å²) in [7, 11) is 0. The van der Waals surface area contributed by atoms with Crippen molar-refractivity contribution in [2.75, 3.05) is 0 Å². The topological polar surface area (TPSA) is 73.0 Å². The van der Waals surface area contributed by atoms with Gasteiger partial charge in [-0.3, -0.25) is 9.48 Å². The number of aryl methyl sites for hydroxylation is 2. The number of para-hydroxylation sites is 2. The molecule has 1 N–H and O–H groups in total. The van der Waals surface area contributed by atoms with Crippen molar-refractivity contribution >= 4 is 17.0 Å². The molecule has 4 rings (SSSR count).